The number of hydrogen-bond acceptors (Lipinski definition) is 5. The number of pyridine rings is 1. The second kappa shape index (κ2) is 9.49. The van der Waals surface area contributed by atoms with Gasteiger partial charge in [0.15, 0.2) is 5.78 Å². The smallest absolute Gasteiger partial charge is 0.163 e. The molecule has 0 spiro atoms. The van der Waals surface area contributed by atoms with Crippen LogP contribution in [0.5, 0.6) is 0 Å². The Kier molecular flexibility index (Phi) is 6.73. The highest BCUT2D eigenvalue weighted by molar-refractivity contribution is 6.00. The standard InChI is InChI=1S/C26H35N3O2/c1-26(2)12-11-24(31)21-19-20(9-10-22(21)26)23-7-6-8-25(27-23)29-16-14-28(15-17-29)13-4-3-5-18-30/h6-10,19,30H,3-5,11-18H2,1-2H3. The van der Waals surface area contributed by atoms with Gasteiger partial charge in [-0.05, 0) is 61.4 Å². The van der Waals surface area contributed by atoms with Crippen LogP contribution in [-0.2, 0) is 5.41 Å². The van der Waals surface area contributed by atoms with Gasteiger partial charge < -0.3 is 10.0 Å². The van der Waals surface area contributed by atoms with Crippen LogP contribution in [0.15, 0.2) is 36.4 Å². The van der Waals surface area contributed by atoms with Crippen molar-refractivity contribution in [3.05, 3.63) is 47.5 Å². The van der Waals surface area contributed by atoms with Gasteiger partial charge in [-0.2, -0.15) is 0 Å². The summed E-state index contributed by atoms with van der Waals surface area (Å²) >= 11 is 0. The molecule has 1 aromatic heterocycles. The monoisotopic (exact) mass is 421 g/mol. The van der Waals surface area contributed by atoms with Crippen molar-refractivity contribution in [3.8, 4) is 11.3 Å². The first-order valence-corrected chi connectivity index (χ1v) is 11.7. The lowest BCUT2D eigenvalue weighted by Crippen LogP contribution is -2.46. The first-order valence-electron chi connectivity index (χ1n) is 11.7. The number of aliphatic hydroxyl groups is 1. The maximum absolute atomic E-state index is 12.6. The molecular weight excluding hydrogens is 386 g/mol. The van der Waals surface area contributed by atoms with Crippen LogP contribution in [-0.4, -0.2) is 60.1 Å². The first-order chi connectivity index (χ1) is 15.0. The maximum Gasteiger partial charge on any atom is 0.163 e. The third-order valence-corrected chi connectivity index (χ3v) is 6.89. The lowest BCUT2D eigenvalue weighted by Gasteiger charge is -2.35. The third-order valence-electron chi connectivity index (χ3n) is 6.89. The molecule has 0 radical (unpaired) electrons. The van der Waals surface area contributed by atoms with Gasteiger partial charge >= 0.3 is 0 Å². The number of carbonyl (C=O) groups excluding carboxylic acids is 1. The summed E-state index contributed by atoms with van der Waals surface area (Å²) in [6.07, 6.45) is 4.70. The second-order valence-electron chi connectivity index (χ2n) is 9.56. The molecule has 2 heterocycles. The normalized spacial score (nSPS) is 18.8. The Morgan fingerprint density at radius 1 is 1.03 bits per heavy atom. The zero-order valence-corrected chi connectivity index (χ0v) is 18.9. The van der Waals surface area contributed by atoms with Gasteiger partial charge in [-0.1, -0.05) is 32.0 Å². The lowest BCUT2D eigenvalue weighted by atomic mass is 9.72. The summed E-state index contributed by atoms with van der Waals surface area (Å²) in [6, 6.07) is 12.5. The number of aliphatic hydroxyl groups excluding tert-OH is 1. The van der Waals surface area contributed by atoms with Gasteiger partial charge in [0.25, 0.3) is 0 Å². The van der Waals surface area contributed by atoms with Gasteiger partial charge in [0.2, 0.25) is 0 Å². The number of carbonyl (C=O) groups is 1. The van der Waals surface area contributed by atoms with Gasteiger partial charge in [-0.3, -0.25) is 9.69 Å². The number of ketones is 1. The van der Waals surface area contributed by atoms with Crippen molar-refractivity contribution in [1.82, 2.24) is 9.88 Å². The SMILES string of the molecule is CC1(C)CCC(=O)c2cc(-c3cccc(N4CCN(CCCCCO)CC4)n3)ccc21. The molecule has 166 valence electrons. The Morgan fingerprint density at radius 3 is 2.61 bits per heavy atom. The van der Waals surface area contributed by atoms with Crippen molar-refractivity contribution in [1.29, 1.82) is 0 Å². The number of benzene rings is 1. The van der Waals surface area contributed by atoms with Crippen LogP contribution in [0.2, 0.25) is 0 Å². The quantitative estimate of drug-likeness (QED) is 0.676. The van der Waals surface area contributed by atoms with Crippen LogP contribution in [0.4, 0.5) is 5.82 Å². The molecule has 1 N–H and O–H groups in total. The molecule has 5 nitrogen and oxygen atoms in total. The molecule has 0 atom stereocenters. The van der Waals surface area contributed by atoms with E-state index in [0.717, 1.165) is 81.0 Å². The van der Waals surface area contributed by atoms with Crippen molar-refractivity contribution < 1.29 is 9.90 Å². The van der Waals surface area contributed by atoms with Gasteiger partial charge in [0.05, 0.1) is 5.69 Å². The van der Waals surface area contributed by atoms with E-state index in [1.54, 1.807) is 0 Å². The second-order valence-corrected chi connectivity index (χ2v) is 9.56. The van der Waals surface area contributed by atoms with E-state index in [0.29, 0.717) is 13.0 Å². The summed E-state index contributed by atoms with van der Waals surface area (Å²) in [4.78, 5) is 22.4. The Balaban J connectivity index is 1.45. The van der Waals surface area contributed by atoms with Crippen LogP contribution in [0.3, 0.4) is 0 Å². The molecular formula is C26H35N3O2. The number of fused-ring (bicyclic) bond motifs is 1. The van der Waals surface area contributed by atoms with Crippen molar-refractivity contribution in [2.24, 2.45) is 0 Å². The molecule has 5 heteroatoms. The van der Waals surface area contributed by atoms with Gasteiger partial charge in [0.1, 0.15) is 5.82 Å². The lowest BCUT2D eigenvalue weighted by molar-refractivity contribution is 0.0957. The van der Waals surface area contributed by atoms with E-state index in [-0.39, 0.29) is 11.2 Å². The number of nitrogens with zero attached hydrogens (tertiary/aromatic N) is 3. The fourth-order valence-corrected chi connectivity index (χ4v) is 4.80. The molecule has 4 rings (SSSR count). The predicted octanol–water partition coefficient (Wildman–Crippen LogP) is 4.29. The summed E-state index contributed by atoms with van der Waals surface area (Å²) in [5, 5.41) is 8.92. The molecule has 2 aromatic rings. The van der Waals surface area contributed by atoms with Crippen molar-refractivity contribution in [2.75, 3.05) is 44.2 Å². The maximum atomic E-state index is 12.6. The zero-order chi connectivity index (χ0) is 21.8. The largest absolute Gasteiger partial charge is 0.396 e. The molecule has 1 fully saturated rings. The van der Waals surface area contributed by atoms with E-state index in [9.17, 15) is 4.79 Å². The first kappa shape index (κ1) is 22.0. The molecule has 1 saturated heterocycles. The van der Waals surface area contributed by atoms with E-state index in [4.69, 9.17) is 10.1 Å². The summed E-state index contributed by atoms with van der Waals surface area (Å²) in [5.74, 6) is 1.27. The fraction of sp³-hybridized carbons (Fsp3) is 0.538. The number of Topliss-reactive ketones (excluding diaryl/α,β-unsaturated/α-hetero) is 1. The van der Waals surface area contributed by atoms with Gasteiger partial charge in [0, 0.05) is 50.3 Å². The van der Waals surface area contributed by atoms with E-state index < -0.39 is 0 Å². The number of anilines is 1. The molecule has 1 aliphatic heterocycles. The van der Waals surface area contributed by atoms with Crippen LogP contribution >= 0.6 is 0 Å². The molecule has 1 aliphatic carbocycles. The predicted molar refractivity (Wildman–Crippen MR) is 126 cm³/mol. The fourth-order valence-electron chi connectivity index (χ4n) is 4.80. The molecule has 0 bridgehead atoms. The highest BCUT2D eigenvalue weighted by Crippen LogP contribution is 2.38. The van der Waals surface area contributed by atoms with E-state index in [1.165, 1.54) is 5.56 Å². The third kappa shape index (κ3) is 4.99. The molecule has 0 amide bonds. The minimum atomic E-state index is 0.0504. The molecule has 1 aromatic carbocycles. The Morgan fingerprint density at radius 2 is 1.84 bits per heavy atom. The Labute approximate surface area is 186 Å². The average Bonchev–Trinajstić information content (AvgIpc) is 2.80. The average molecular weight is 422 g/mol. The van der Waals surface area contributed by atoms with Crippen LogP contribution in [0, 0.1) is 0 Å². The number of rotatable bonds is 7. The van der Waals surface area contributed by atoms with Crippen LogP contribution in [0.25, 0.3) is 11.3 Å². The van der Waals surface area contributed by atoms with Crippen molar-refractivity contribution in [3.63, 3.8) is 0 Å². The molecule has 0 unspecified atom stereocenters. The number of hydrogen-bond donors (Lipinski definition) is 1. The highest BCUT2D eigenvalue weighted by atomic mass is 16.2. The summed E-state index contributed by atoms with van der Waals surface area (Å²) in [6.45, 7) is 9.92. The summed E-state index contributed by atoms with van der Waals surface area (Å²) in [5.41, 5.74) is 4.04. The number of piperazine rings is 1. The Bertz CT molecular complexity index is 917. The van der Waals surface area contributed by atoms with Gasteiger partial charge in [-0.15, -0.1) is 0 Å². The minimum Gasteiger partial charge on any atom is -0.396 e. The topological polar surface area (TPSA) is 56.7 Å². The van der Waals surface area contributed by atoms with Crippen LogP contribution < -0.4 is 4.90 Å². The van der Waals surface area contributed by atoms with E-state index in [1.807, 2.05) is 6.07 Å². The minimum absolute atomic E-state index is 0.0504. The summed E-state index contributed by atoms with van der Waals surface area (Å²) in [7, 11) is 0. The van der Waals surface area contributed by atoms with E-state index in [2.05, 4.69) is 54.0 Å². The number of unbranched alkanes of at least 4 members (excludes halogenated alkanes) is 2. The molecule has 31 heavy (non-hydrogen) atoms. The molecule has 2 aliphatic rings. The Hall–Kier alpha value is -2.24. The van der Waals surface area contributed by atoms with E-state index >= 15 is 0 Å². The van der Waals surface area contributed by atoms with Crippen molar-refractivity contribution in [2.45, 2.75) is 51.4 Å². The summed E-state index contributed by atoms with van der Waals surface area (Å²) < 4.78 is 0. The van der Waals surface area contributed by atoms with Crippen LogP contribution in [0.1, 0.15) is 61.9 Å². The zero-order valence-electron chi connectivity index (χ0n) is 18.9. The highest BCUT2D eigenvalue weighted by Gasteiger charge is 2.31. The van der Waals surface area contributed by atoms with Gasteiger partial charge in [-0.25, -0.2) is 4.98 Å². The number of aromatic nitrogens is 1. The van der Waals surface area contributed by atoms with Crippen molar-refractivity contribution >= 4 is 11.6 Å². The molecule has 0 saturated carbocycles.